The Hall–Kier alpha value is -2.47. The molecule has 0 spiro atoms. The lowest BCUT2D eigenvalue weighted by molar-refractivity contribution is -0.136. The molecule has 1 aliphatic rings. The van der Waals surface area contributed by atoms with Crippen LogP contribution in [0.4, 0.5) is 10.2 Å². The third kappa shape index (κ3) is 5.17. The van der Waals surface area contributed by atoms with Gasteiger partial charge in [0.15, 0.2) is 0 Å². The van der Waals surface area contributed by atoms with Gasteiger partial charge in [0.05, 0.1) is 11.8 Å². The highest BCUT2D eigenvalue weighted by Gasteiger charge is 2.26. The van der Waals surface area contributed by atoms with E-state index in [1.165, 1.54) is 37.2 Å². The zero-order valence-electron chi connectivity index (χ0n) is 18.5. The van der Waals surface area contributed by atoms with Crippen molar-refractivity contribution in [3.05, 3.63) is 58.0 Å². The second kappa shape index (κ2) is 8.72. The van der Waals surface area contributed by atoms with Crippen molar-refractivity contribution >= 4 is 11.8 Å². The second-order valence-corrected chi connectivity index (χ2v) is 8.79. The van der Waals surface area contributed by atoms with Crippen molar-refractivity contribution in [1.82, 2.24) is 4.98 Å². The number of aromatic nitrogens is 1. The first-order chi connectivity index (χ1) is 14.0. The minimum absolute atomic E-state index is 0.321. The van der Waals surface area contributed by atoms with Gasteiger partial charge in [-0.2, -0.15) is 0 Å². The molecule has 1 aromatic heterocycles. The Balaban J connectivity index is 1.73. The molecule has 0 atom stereocenters. The molecule has 1 fully saturated rings. The number of esters is 1. The number of carbonyl (C=O) groups excluding carboxylic acids is 1. The van der Waals surface area contributed by atoms with Gasteiger partial charge in [-0.05, 0) is 80.3 Å². The van der Waals surface area contributed by atoms with Crippen molar-refractivity contribution in [2.45, 2.75) is 59.7 Å². The Morgan fingerprint density at radius 3 is 2.47 bits per heavy atom. The summed E-state index contributed by atoms with van der Waals surface area (Å²) in [4.78, 5) is 19.0. The first-order valence-electron chi connectivity index (χ1n) is 10.5. The maximum atomic E-state index is 13.1. The summed E-state index contributed by atoms with van der Waals surface area (Å²) in [5, 5.41) is 9.88. The fourth-order valence-corrected chi connectivity index (χ4v) is 4.34. The molecule has 0 aliphatic carbocycles. The van der Waals surface area contributed by atoms with Crippen LogP contribution in [0.3, 0.4) is 0 Å². The van der Waals surface area contributed by atoms with Gasteiger partial charge in [-0.25, -0.2) is 14.2 Å². The summed E-state index contributed by atoms with van der Waals surface area (Å²) in [5.41, 5.74) is 4.70. The number of aliphatic hydroxyl groups is 1. The number of hydrogen-bond donors (Lipinski definition) is 1. The Labute approximate surface area is 177 Å². The fraction of sp³-hybridized carbons (Fsp3) is 0.500. The molecule has 2 heterocycles. The third-order valence-electron chi connectivity index (χ3n) is 5.82. The van der Waals surface area contributed by atoms with E-state index in [1.807, 2.05) is 19.9 Å². The van der Waals surface area contributed by atoms with Crippen LogP contribution in [0.2, 0.25) is 0 Å². The van der Waals surface area contributed by atoms with Gasteiger partial charge >= 0.3 is 5.97 Å². The lowest BCUT2D eigenvalue weighted by Gasteiger charge is -2.33. The van der Waals surface area contributed by atoms with Crippen LogP contribution in [0.5, 0.6) is 0 Å². The van der Waals surface area contributed by atoms with Gasteiger partial charge in [0.1, 0.15) is 11.6 Å². The highest BCUT2D eigenvalue weighted by molar-refractivity contribution is 5.93. The lowest BCUT2D eigenvalue weighted by atomic mass is 9.84. The lowest BCUT2D eigenvalue weighted by Crippen LogP contribution is -2.35. The summed E-state index contributed by atoms with van der Waals surface area (Å²) in [6.07, 6.45) is 4.17. The van der Waals surface area contributed by atoms with Crippen LogP contribution in [-0.4, -0.2) is 34.9 Å². The Morgan fingerprint density at radius 2 is 1.90 bits per heavy atom. The molecular weight excluding hydrogens is 383 g/mol. The number of anilines is 1. The quantitative estimate of drug-likeness (QED) is 0.577. The van der Waals surface area contributed by atoms with E-state index in [0.717, 1.165) is 49.3 Å². The predicted octanol–water partition coefficient (Wildman–Crippen LogP) is 4.49. The van der Waals surface area contributed by atoms with Crippen molar-refractivity contribution in [3.63, 3.8) is 0 Å². The van der Waals surface area contributed by atoms with E-state index in [2.05, 4.69) is 16.8 Å². The van der Waals surface area contributed by atoms with E-state index in [0.29, 0.717) is 11.5 Å². The van der Waals surface area contributed by atoms with Crippen LogP contribution < -0.4 is 4.90 Å². The molecule has 1 saturated heterocycles. The number of piperidine rings is 1. The van der Waals surface area contributed by atoms with Crippen LogP contribution in [-0.2, 0) is 11.2 Å². The van der Waals surface area contributed by atoms with E-state index >= 15 is 0 Å². The molecule has 162 valence electrons. The first-order valence-corrected chi connectivity index (χ1v) is 10.5. The maximum absolute atomic E-state index is 13.1. The number of pyridine rings is 1. The number of rotatable bonds is 5. The van der Waals surface area contributed by atoms with E-state index in [9.17, 15) is 14.3 Å². The summed E-state index contributed by atoms with van der Waals surface area (Å²) in [5.74, 6) is -1.01. The summed E-state index contributed by atoms with van der Waals surface area (Å²) < 4.78 is 18.3. The van der Waals surface area contributed by atoms with Crippen molar-refractivity contribution in [1.29, 1.82) is 0 Å². The van der Waals surface area contributed by atoms with Crippen LogP contribution >= 0.6 is 0 Å². The van der Waals surface area contributed by atoms with Gasteiger partial charge in [0.25, 0.3) is 0 Å². The summed E-state index contributed by atoms with van der Waals surface area (Å²) >= 11 is 0. The standard InChI is InChI=1S/C24H31FN2O3/c1-15-12-16(2)22(23(28)30-24(4,5)29)17(3)20(15)13-18-8-10-27(11-9-18)21-7-6-19(25)14-26-21/h6-7,12,14,18,29H,8-11,13H2,1-5H3. The smallest absolute Gasteiger partial charge is 0.341 e. The topological polar surface area (TPSA) is 62.7 Å². The normalized spacial score (nSPS) is 15.4. The molecule has 0 unspecified atom stereocenters. The van der Waals surface area contributed by atoms with Crippen molar-refractivity contribution in [2.24, 2.45) is 5.92 Å². The molecule has 0 bridgehead atoms. The zero-order chi connectivity index (χ0) is 22.1. The summed E-state index contributed by atoms with van der Waals surface area (Å²) in [6, 6.07) is 5.20. The molecule has 5 nitrogen and oxygen atoms in total. The number of benzene rings is 1. The molecule has 1 N–H and O–H groups in total. The molecular formula is C24H31FN2O3. The number of carbonyl (C=O) groups is 1. The van der Waals surface area contributed by atoms with Gasteiger partial charge in [-0.3, -0.25) is 0 Å². The maximum Gasteiger partial charge on any atom is 0.341 e. The molecule has 1 aliphatic heterocycles. The zero-order valence-corrected chi connectivity index (χ0v) is 18.5. The van der Waals surface area contributed by atoms with E-state index in [4.69, 9.17) is 4.74 Å². The molecule has 0 amide bonds. The van der Waals surface area contributed by atoms with Crippen LogP contribution in [0.1, 0.15) is 59.3 Å². The van der Waals surface area contributed by atoms with Gasteiger partial charge in [-0.15, -0.1) is 0 Å². The van der Waals surface area contributed by atoms with E-state index in [-0.39, 0.29) is 5.82 Å². The van der Waals surface area contributed by atoms with Crippen molar-refractivity contribution in [2.75, 3.05) is 18.0 Å². The minimum atomic E-state index is -1.51. The Morgan fingerprint density at radius 1 is 1.23 bits per heavy atom. The average molecular weight is 415 g/mol. The van der Waals surface area contributed by atoms with E-state index in [1.54, 1.807) is 6.07 Å². The number of hydrogen-bond acceptors (Lipinski definition) is 5. The Bertz CT molecular complexity index is 912. The van der Waals surface area contributed by atoms with Crippen LogP contribution in [0, 0.1) is 32.5 Å². The molecule has 30 heavy (non-hydrogen) atoms. The summed E-state index contributed by atoms with van der Waals surface area (Å²) in [6.45, 7) is 10.6. The molecule has 3 rings (SSSR count). The number of halogens is 1. The van der Waals surface area contributed by atoms with Gasteiger partial charge in [-0.1, -0.05) is 6.07 Å². The van der Waals surface area contributed by atoms with Crippen LogP contribution in [0.15, 0.2) is 24.4 Å². The minimum Gasteiger partial charge on any atom is -0.430 e. The number of ether oxygens (including phenoxy) is 1. The van der Waals surface area contributed by atoms with E-state index < -0.39 is 11.8 Å². The summed E-state index contributed by atoms with van der Waals surface area (Å²) in [7, 11) is 0. The average Bonchev–Trinajstić information content (AvgIpc) is 2.65. The SMILES string of the molecule is Cc1cc(C)c(C(=O)OC(C)(C)O)c(C)c1CC1CCN(c2ccc(F)cn2)CC1. The third-order valence-corrected chi connectivity index (χ3v) is 5.82. The largest absolute Gasteiger partial charge is 0.430 e. The number of aryl methyl sites for hydroxylation is 2. The molecule has 2 aromatic rings. The fourth-order valence-electron chi connectivity index (χ4n) is 4.34. The first kappa shape index (κ1) is 22.2. The molecule has 0 radical (unpaired) electrons. The van der Waals surface area contributed by atoms with Crippen LogP contribution in [0.25, 0.3) is 0 Å². The van der Waals surface area contributed by atoms with Crippen molar-refractivity contribution < 1.29 is 19.0 Å². The molecule has 6 heteroatoms. The molecule has 0 saturated carbocycles. The highest BCUT2D eigenvalue weighted by Crippen LogP contribution is 2.30. The van der Waals surface area contributed by atoms with Crippen molar-refractivity contribution in [3.8, 4) is 0 Å². The van der Waals surface area contributed by atoms with Gasteiger partial charge in [0, 0.05) is 26.9 Å². The monoisotopic (exact) mass is 414 g/mol. The highest BCUT2D eigenvalue weighted by atomic mass is 19.1. The second-order valence-electron chi connectivity index (χ2n) is 8.79. The van der Waals surface area contributed by atoms with Gasteiger partial charge in [0.2, 0.25) is 5.79 Å². The molecule has 1 aromatic carbocycles. The number of nitrogens with zero attached hydrogens (tertiary/aromatic N) is 2. The van der Waals surface area contributed by atoms with Gasteiger partial charge < -0.3 is 14.7 Å². The predicted molar refractivity (Wildman–Crippen MR) is 115 cm³/mol. The Kier molecular flexibility index (Phi) is 6.46.